The van der Waals surface area contributed by atoms with Gasteiger partial charge in [0.1, 0.15) is 5.82 Å². The summed E-state index contributed by atoms with van der Waals surface area (Å²) in [7, 11) is 0. The first-order valence-corrected chi connectivity index (χ1v) is 6.35. The normalized spacial score (nSPS) is 24.1. The molecular formula is C14H19FN2O. The fourth-order valence-electron chi connectivity index (χ4n) is 2.43. The van der Waals surface area contributed by atoms with E-state index in [0.29, 0.717) is 18.2 Å². The van der Waals surface area contributed by atoms with Gasteiger partial charge >= 0.3 is 0 Å². The van der Waals surface area contributed by atoms with Gasteiger partial charge in [-0.2, -0.15) is 0 Å². The zero-order valence-corrected chi connectivity index (χ0v) is 10.8. The van der Waals surface area contributed by atoms with E-state index in [9.17, 15) is 9.18 Å². The van der Waals surface area contributed by atoms with Crippen molar-refractivity contribution < 1.29 is 9.18 Å². The summed E-state index contributed by atoms with van der Waals surface area (Å²) in [5.74, 6) is -0.284. The number of carbonyl (C=O) groups excluding carboxylic acids is 1. The first-order chi connectivity index (χ1) is 8.49. The third kappa shape index (κ3) is 2.47. The Morgan fingerprint density at radius 1 is 1.39 bits per heavy atom. The predicted molar refractivity (Wildman–Crippen MR) is 69.7 cm³/mol. The van der Waals surface area contributed by atoms with E-state index in [2.05, 4.69) is 6.92 Å². The number of benzene rings is 1. The summed E-state index contributed by atoms with van der Waals surface area (Å²) in [6.45, 7) is 4.81. The maximum atomic E-state index is 13.7. The highest BCUT2D eigenvalue weighted by Gasteiger charge is 2.29. The Kier molecular flexibility index (Phi) is 3.55. The highest BCUT2D eigenvalue weighted by atomic mass is 19.1. The average molecular weight is 250 g/mol. The van der Waals surface area contributed by atoms with Crippen LogP contribution in [-0.2, 0) is 0 Å². The van der Waals surface area contributed by atoms with Crippen LogP contribution >= 0.6 is 0 Å². The van der Waals surface area contributed by atoms with E-state index in [1.54, 1.807) is 4.90 Å². The van der Waals surface area contributed by atoms with Gasteiger partial charge < -0.3 is 10.6 Å². The molecule has 1 fully saturated rings. The summed E-state index contributed by atoms with van der Waals surface area (Å²) in [6, 6.07) is 4.30. The predicted octanol–water partition coefficient (Wildman–Crippen LogP) is 2.67. The molecule has 98 valence electrons. The van der Waals surface area contributed by atoms with Crippen molar-refractivity contribution in [1.82, 2.24) is 4.90 Å². The number of halogens is 1. The van der Waals surface area contributed by atoms with Gasteiger partial charge in [-0.25, -0.2) is 4.39 Å². The summed E-state index contributed by atoms with van der Waals surface area (Å²) in [5.41, 5.74) is 6.11. The monoisotopic (exact) mass is 250 g/mol. The number of nitrogens with zero attached hydrogens (tertiary/aromatic N) is 1. The molecule has 18 heavy (non-hydrogen) atoms. The Morgan fingerprint density at radius 2 is 2.11 bits per heavy atom. The average Bonchev–Trinajstić information content (AvgIpc) is 2.34. The molecule has 0 spiro atoms. The minimum absolute atomic E-state index is 0.0796. The molecule has 0 aromatic heterocycles. The second-order valence-electron chi connectivity index (χ2n) is 5.23. The van der Waals surface area contributed by atoms with Crippen molar-refractivity contribution in [2.75, 3.05) is 12.3 Å². The van der Waals surface area contributed by atoms with Crippen molar-refractivity contribution in [2.45, 2.75) is 32.7 Å². The molecule has 1 heterocycles. The van der Waals surface area contributed by atoms with Crippen molar-refractivity contribution in [1.29, 1.82) is 0 Å². The molecule has 2 rings (SSSR count). The molecule has 2 unspecified atom stereocenters. The molecule has 0 radical (unpaired) electrons. The van der Waals surface area contributed by atoms with Crippen LogP contribution in [-0.4, -0.2) is 23.4 Å². The molecule has 0 aliphatic carbocycles. The van der Waals surface area contributed by atoms with Crippen molar-refractivity contribution in [3.63, 3.8) is 0 Å². The molecule has 1 aliphatic rings. The number of piperidine rings is 1. The lowest BCUT2D eigenvalue weighted by Crippen LogP contribution is -2.45. The minimum Gasteiger partial charge on any atom is -0.399 e. The number of hydrogen-bond donors (Lipinski definition) is 1. The standard InChI is InChI=1S/C14H19FN2O/c1-9-3-4-10(2)17(8-9)14(18)12-7-11(16)5-6-13(12)15/h5-7,9-10H,3-4,8,16H2,1-2H3. The van der Waals surface area contributed by atoms with Crippen LogP contribution < -0.4 is 5.73 Å². The second-order valence-corrected chi connectivity index (χ2v) is 5.23. The van der Waals surface area contributed by atoms with Gasteiger partial charge in [-0.05, 0) is 43.9 Å². The third-order valence-corrected chi connectivity index (χ3v) is 3.60. The van der Waals surface area contributed by atoms with E-state index < -0.39 is 5.82 Å². The molecule has 2 N–H and O–H groups in total. The Morgan fingerprint density at radius 3 is 2.83 bits per heavy atom. The molecule has 4 heteroatoms. The summed E-state index contributed by atoms with van der Waals surface area (Å²) < 4.78 is 13.7. The van der Waals surface area contributed by atoms with Gasteiger partial charge in [0.15, 0.2) is 0 Å². The zero-order valence-electron chi connectivity index (χ0n) is 10.8. The molecule has 1 saturated heterocycles. The number of nitrogens with two attached hydrogens (primary N) is 1. The van der Waals surface area contributed by atoms with Crippen LogP contribution in [0.5, 0.6) is 0 Å². The molecule has 0 bridgehead atoms. The summed E-state index contributed by atoms with van der Waals surface area (Å²) in [4.78, 5) is 14.1. The highest BCUT2D eigenvalue weighted by molar-refractivity contribution is 5.95. The number of amides is 1. The molecule has 1 aromatic carbocycles. The summed E-state index contributed by atoms with van der Waals surface area (Å²) in [6.07, 6.45) is 2.08. The Bertz CT molecular complexity index is 461. The van der Waals surface area contributed by atoms with Crippen LogP contribution in [0.2, 0.25) is 0 Å². The van der Waals surface area contributed by atoms with E-state index in [4.69, 9.17) is 5.73 Å². The largest absolute Gasteiger partial charge is 0.399 e. The number of likely N-dealkylation sites (tertiary alicyclic amines) is 1. The maximum absolute atomic E-state index is 13.7. The Balaban J connectivity index is 2.27. The number of rotatable bonds is 1. The van der Waals surface area contributed by atoms with Crippen LogP contribution in [0.3, 0.4) is 0 Å². The Hall–Kier alpha value is -1.58. The molecule has 0 saturated carbocycles. The third-order valence-electron chi connectivity index (χ3n) is 3.60. The van der Waals surface area contributed by atoms with E-state index in [1.807, 2.05) is 6.92 Å². The van der Waals surface area contributed by atoms with Crippen LogP contribution in [0.15, 0.2) is 18.2 Å². The van der Waals surface area contributed by atoms with E-state index in [0.717, 1.165) is 12.8 Å². The van der Waals surface area contributed by atoms with Crippen molar-refractivity contribution in [3.05, 3.63) is 29.6 Å². The molecular weight excluding hydrogens is 231 g/mol. The lowest BCUT2D eigenvalue weighted by Gasteiger charge is -2.37. The lowest BCUT2D eigenvalue weighted by atomic mass is 9.94. The van der Waals surface area contributed by atoms with Crippen molar-refractivity contribution >= 4 is 11.6 Å². The maximum Gasteiger partial charge on any atom is 0.257 e. The zero-order chi connectivity index (χ0) is 13.3. The Labute approximate surface area is 107 Å². The fraction of sp³-hybridized carbons (Fsp3) is 0.500. The number of carbonyl (C=O) groups is 1. The van der Waals surface area contributed by atoms with E-state index in [1.165, 1.54) is 18.2 Å². The molecule has 1 aromatic rings. The molecule has 1 amide bonds. The van der Waals surface area contributed by atoms with E-state index >= 15 is 0 Å². The first kappa shape index (κ1) is 12.9. The van der Waals surface area contributed by atoms with Gasteiger partial charge in [-0.1, -0.05) is 6.92 Å². The highest BCUT2D eigenvalue weighted by Crippen LogP contribution is 2.24. The SMILES string of the molecule is CC1CCC(C)N(C(=O)c2cc(N)ccc2F)C1. The quantitative estimate of drug-likeness (QED) is 0.779. The van der Waals surface area contributed by atoms with Gasteiger partial charge in [0.2, 0.25) is 0 Å². The van der Waals surface area contributed by atoms with Gasteiger partial charge in [0, 0.05) is 18.3 Å². The molecule has 3 nitrogen and oxygen atoms in total. The first-order valence-electron chi connectivity index (χ1n) is 6.35. The lowest BCUT2D eigenvalue weighted by molar-refractivity contribution is 0.0569. The second kappa shape index (κ2) is 4.96. The van der Waals surface area contributed by atoms with Crippen LogP contribution in [0.25, 0.3) is 0 Å². The number of anilines is 1. The number of hydrogen-bond acceptors (Lipinski definition) is 2. The van der Waals surface area contributed by atoms with Gasteiger partial charge in [-0.3, -0.25) is 4.79 Å². The van der Waals surface area contributed by atoms with Gasteiger partial charge in [0.05, 0.1) is 5.56 Å². The van der Waals surface area contributed by atoms with Crippen molar-refractivity contribution in [3.8, 4) is 0 Å². The minimum atomic E-state index is -0.500. The molecule has 1 aliphatic heterocycles. The molecule has 2 atom stereocenters. The van der Waals surface area contributed by atoms with Crippen LogP contribution in [0.4, 0.5) is 10.1 Å². The van der Waals surface area contributed by atoms with E-state index in [-0.39, 0.29) is 17.5 Å². The van der Waals surface area contributed by atoms with Gasteiger partial charge in [-0.15, -0.1) is 0 Å². The fourth-order valence-corrected chi connectivity index (χ4v) is 2.43. The van der Waals surface area contributed by atoms with Gasteiger partial charge in [0.25, 0.3) is 5.91 Å². The summed E-state index contributed by atoms with van der Waals surface area (Å²) >= 11 is 0. The summed E-state index contributed by atoms with van der Waals surface area (Å²) in [5, 5.41) is 0. The van der Waals surface area contributed by atoms with Crippen molar-refractivity contribution in [2.24, 2.45) is 5.92 Å². The van der Waals surface area contributed by atoms with Crippen LogP contribution in [0, 0.1) is 11.7 Å². The number of nitrogen functional groups attached to an aromatic ring is 1. The topological polar surface area (TPSA) is 46.3 Å². The smallest absolute Gasteiger partial charge is 0.257 e. The van der Waals surface area contributed by atoms with Crippen LogP contribution in [0.1, 0.15) is 37.0 Å².